The van der Waals surface area contributed by atoms with Crippen LogP contribution in [-0.4, -0.2) is 29.7 Å². The SMILES string of the molecule is c1nc2c(c(OCCC3CCNC3)n1)CCCCC2. The van der Waals surface area contributed by atoms with E-state index in [2.05, 4.69) is 15.3 Å². The van der Waals surface area contributed by atoms with Crippen LogP contribution in [0.3, 0.4) is 0 Å². The van der Waals surface area contributed by atoms with Crippen molar-refractivity contribution in [2.45, 2.75) is 44.9 Å². The van der Waals surface area contributed by atoms with Gasteiger partial charge in [-0.15, -0.1) is 0 Å². The second-order valence-corrected chi connectivity index (χ2v) is 5.66. The van der Waals surface area contributed by atoms with Crippen LogP contribution in [0.4, 0.5) is 0 Å². The van der Waals surface area contributed by atoms with Gasteiger partial charge in [0.25, 0.3) is 0 Å². The average molecular weight is 261 g/mol. The number of aryl methyl sites for hydroxylation is 1. The van der Waals surface area contributed by atoms with Gasteiger partial charge in [0.1, 0.15) is 6.33 Å². The minimum absolute atomic E-state index is 0.778. The maximum absolute atomic E-state index is 5.94. The van der Waals surface area contributed by atoms with Crippen LogP contribution in [0.15, 0.2) is 6.33 Å². The smallest absolute Gasteiger partial charge is 0.219 e. The molecule has 4 nitrogen and oxygen atoms in total. The molecule has 0 spiro atoms. The number of aromatic nitrogens is 2. The van der Waals surface area contributed by atoms with Crippen LogP contribution in [0.5, 0.6) is 5.88 Å². The summed E-state index contributed by atoms with van der Waals surface area (Å²) in [5.41, 5.74) is 2.48. The fourth-order valence-electron chi connectivity index (χ4n) is 3.08. The Morgan fingerprint density at radius 1 is 1.21 bits per heavy atom. The number of rotatable bonds is 4. The van der Waals surface area contributed by atoms with E-state index in [-0.39, 0.29) is 0 Å². The molecule has 2 aliphatic rings. The van der Waals surface area contributed by atoms with Crippen molar-refractivity contribution < 1.29 is 4.74 Å². The molecule has 1 fully saturated rings. The number of ether oxygens (including phenoxy) is 1. The van der Waals surface area contributed by atoms with Crippen LogP contribution in [0.1, 0.15) is 43.4 Å². The Morgan fingerprint density at radius 2 is 2.16 bits per heavy atom. The highest BCUT2D eigenvalue weighted by atomic mass is 16.5. The van der Waals surface area contributed by atoms with E-state index in [9.17, 15) is 0 Å². The lowest BCUT2D eigenvalue weighted by Gasteiger charge is -2.13. The van der Waals surface area contributed by atoms with E-state index in [1.54, 1.807) is 6.33 Å². The molecule has 0 saturated carbocycles. The number of nitrogens with one attached hydrogen (secondary N) is 1. The van der Waals surface area contributed by atoms with E-state index in [0.29, 0.717) is 0 Å². The first-order chi connectivity index (χ1) is 9.43. The van der Waals surface area contributed by atoms with Crippen molar-refractivity contribution in [2.75, 3.05) is 19.7 Å². The molecule has 1 aliphatic carbocycles. The summed E-state index contributed by atoms with van der Waals surface area (Å²) in [6, 6.07) is 0. The molecule has 0 aromatic carbocycles. The first-order valence-electron chi connectivity index (χ1n) is 7.60. The van der Waals surface area contributed by atoms with Gasteiger partial charge in [0.15, 0.2) is 0 Å². The van der Waals surface area contributed by atoms with Crippen molar-refractivity contribution in [1.29, 1.82) is 0 Å². The van der Waals surface area contributed by atoms with Crippen molar-refractivity contribution >= 4 is 0 Å². The molecule has 1 aromatic heterocycles. The molecule has 1 atom stereocenters. The highest BCUT2D eigenvalue weighted by molar-refractivity contribution is 5.30. The van der Waals surface area contributed by atoms with Crippen molar-refractivity contribution in [2.24, 2.45) is 5.92 Å². The van der Waals surface area contributed by atoms with E-state index >= 15 is 0 Å². The van der Waals surface area contributed by atoms with Crippen LogP contribution in [0.25, 0.3) is 0 Å². The van der Waals surface area contributed by atoms with E-state index < -0.39 is 0 Å². The maximum atomic E-state index is 5.94. The Balaban J connectivity index is 1.60. The summed E-state index contributed by atoms with van der Waals surface area (Å²) in [5, 5.41) is 3.40. The standard InChI is InChI=1S/C15H23N3O/c1-2-4-13-14(5-3-1)17-11-18-15(13)19-9-7-12-6-8-16-10-12/h11-12,16H,1-10H2. The summed E-state index contributed by atoms with van der Waals surface area (Å²) in [6.07, 6.45) is 10.0. The normalized spacial score (nSPS) is 22.8. The Hall–Kier alpha value is -1.16. The number of hydrogen-bond donors (Lipinski definition) is 1. The van der Waals surface area contributed by atoms with Gasteiger partial charge in [0, 0.05) is 5.56 Å². The fraction of sp³-hybridized carbons (Fsp3) is 0.733. The van der Waals surface area contributed by atoms with Crippen LogP contribution in [0, 0.1) is 5.92 Å². The minimum Gasteiger partial charge on any atom is -0.477 e. The largest absolute Gasteiger partial charge is 0.477 e. The molecule has 1 aromatic rings. The second kappa shape index (κ2) is 6.33. The zero-order valence-corrected chi connectivity index (χ0v) is 11.5. The summed E-state index contributed by atoms with van der Waals surface area (Å²) < 4.78 is 5.94. The third-order valence-electron chi connectivity index (χ3n) is 4.26. The van der Waals surface area contributed by atoms with Gasteiger partial charge in [-0.25, -0.2) is 9.97 Å². The van der Waals surface area contributed by atoms with Gasteiger partial charge in [-0.1, -0.05) is 6.42 Å². The topological polar surface area (TPSA) is 47.0 Å². The molecule has 104 valence electrons. The number of nitrogens with zero attached hydrogens (tertiary/aromatic N) is 2. The van der Waals surface area contributed by atoms with Crippen molar-refractivity contribution in [3.63, 3.8) is 0 Å². The molecule has 0 amide bonds. The molecule has 1 aliphatic heterocycles. The number of fused-ring (bicyclic) bond motifs is 1. The average Bonchev–Trinajstić information content (AvgIpc) is 2.82. The first-order valence-corrected chi connectivity index (χ1v) is 7.60. The van der Waals surface area contributed by atoms with Crippen molar-refractivity contribution in [3.8, 4) is 5.88 Å². The molecular formula is C15H23N3O. The third kappa shape index (κ3) is 3.24. The summed E-state index contributed by atoms with van der Waals surface area (Å²) in [4.78, 5) is 8.77. The quantitative estimate of drug-likeness (QED) is 0.843. The molecule has 0 bridgehead atoms. The monoisotopic (exact) mass is 261 g/mol. The highest BCUT2D eigenvalue weighted by Crippen LogP contribution is 2.25. The first kappa shape index (κ1) is 12.9. The Kier molecular flexibility index (Phi) is 4.28. The molecule has 4 heteroatoms. The maximum Gasteiger partial charge on any atom is 0.219 e. The minimum atomic E-state index is 0.778. The predicted octanol–water partition coefficient (Wildman–Crippen LogP) is 2.12. The summed E-state index contributed by atoms with van der Waals surface area (Å²) in [5.74, 6) is 1.62. The van der Waals surface area contributed by atoms with Gasteiger partial charge in [0.05, 0.1) is 12.3 Å². The molecule has 1 unspecified atom stereocenters. The van der Waals surface area contributed by atoms with Crippen LogP contribution < -0.4 is 10.1 Å². The number of hydrogen-bond acceptors (Lipinski definition) is 4. The fourth-order valence-corrected chi connectivity index (χ4v) is 3.08. The molecule has 0 radical (unpaired) electrons. The molecule has 2 heterocycles. The van der Waals surface area contributed by atoms with E-state index in [0.717, 1.165) is 50.8 Å². The molecular weight excluding hydrogens is 238 g/mol. The summed E-state index contributed by atoms with van der Waals surface area (Å²) >= 11 is 0. The zero-order valence-electron chi connectivity index (χ0n) is 11.5. The molecule has 3 rings (SSSR count). The van der Waals surface area contributed by atoms with Crippen molar-refractivity contribution in [1.82, 2.24) is 15.3 Å². The van der Waals surface area contributed by atoms with Gasteiger partial charge >= 0.3 is 0 Å². The lowest BCUT2D eigenvalue weighted by atomic mass is 10.1. The van der Waals surface area contributed by atoms with Gasteiger partial charge in [0.2, 0.25) is 5.88 Å². The molecule has 1 N–H and O–H groups in total. The van der Waals surface area contributed by atoms with E-state index in [1.165, 1.54) is 36.9 Å². The van der Waals surface area contributed by atoms with Gasteiger partial charge in [-0.3, -0.25) is 0 Å². The summed E-state index contributed by atoms with van der Waals surface area (Å²) in [6.45, 7) is 3.09. The van der Waals surface area contributed by atoms with Crippen molar-refractivity contribution in [3.05, 3.63) is 17.6 Å². The Bertz CT molecular complexity index is 416. The third-order valence-corrected chi connectivity index (χ3v) is 4.26. The van der Waals surface area contributed by atoms with Crippen LogP contribution >= 0.6 is 0 Å². The lowest BCUT2D eigenvalue weighted by Crippen LogP contribution is -2.13. The lowest BCUT2D eigenvalue weighted by molar-refractivity contribution is 0.270. The molecule has 1 saturated heterocycles. The second-order valence-electron chi connectivity index (χ2n) is 5.66. The van der Waals surface area contributed by atoms with E-state index in [1.807, 2.05) is 0 Å². The van der Waals surface area contributed by atoms with Gasteiger partial charge in [-0.05, 0) is 57.5 Å². The molecule has 19 heavy (non-hydrogen) atoms. The van der Waals surface area contributed by atoms with Crippen LogP contribution in [-0.2, 0) is 12.8 Å². The summed E-state index contributed by atoms with van der Waals surface area (Å²) in [7, 11) is 0. The van der Waals surface area contributed by atoms with Gasteiger partial charge in [-0.2, -0.15) is 0 Å². The Labute approximate surface area is 115 Å². The van der Waals surface area contributed by atoms with Crippen LogP contribution in [0.2, 0.25) is 0 Å². The van der Waals surface area contributed by atoms with E-state index in [4.69, 9.17) is 4.74 Å². The predicted molar refractivity (Wildman–Crippen MR) is 74.4 cm³/mol. The zero-order chi connectivity index (χ0) is 12.9. The van der Waals surface area contributed by atoms with Gasteiger partial charge < -0.3 is 10.1 Å². The highest BCUT2D eigenvalue weighted by Gasteiger charge is 2.17. The Morgan fingerprint density at radius 3 is 3.05 bits per heavy atom.